The van der Waals surface area contributed by atoms with Gasteiger partial charge in [0.1, 0.15) is 0 Å². The van der Waals surface area contributed by atoms with Crippen molar-refractivity contribution >= 4 is 5.69 Å². The summed E-state index contributed by atoms with van der Waals surface area (Å²) in [4.78, 5) is 5.01. The fourth-order valence-electron chi connectivity index (χ4n) is 2.90. The lowest BCUT2D eigenvalue weighted by atomic mass is 10.1. The Kier molecular flexibility index (Phi) is 4.83. The van der Waals surface area contributed by atoms with Gasteiger partial charge in [-0.3, -0.25) is 0 Å². The Balaban J connectivity index is 2.17. The summed E-state index contributed by atoms with van der Waals surface area (Å²) in [5.41, 5.74) is 8.47. The van der Waals surface area contributed by atoms with Crippen molar-refractivity contribution in [3.63, 3.8) is 0 Å². The molecule has 0 radical (unpaired) electrons. The number of nitrogens with two attached hydrogens (primary N) is 1. The van der Waals surface area contributed by atoms with Crippen LogP contribution in [0, 0.1) is 0 Å². The first-order chi connectivity index (χ1) is 9.11. The molecular formula is C16H27N3. The first kappa shape index (κ1) is 14.4. The first-order valence-electron chi connectivity index (χ1n) is 7.42. The number of rotatable bonds is 3. The quantitative estimate of drug-likeness (QED) is 0.908. The Morgan fingerprint density at radius 3 is 2.53 bits per heavy atom. The van der Waals surface area contributed by atoms with E-state index in [2.05, 4.69) is 48.0 Å². The lowest BCUT2D eigenvalue weighted by molar-refractivity contribution is 0.328. The summed E-state index contributed by atoms with van der Waals surface area (Å²) in [5, 5.41) is 0. The molecule has 2 atom stereocenters. The topological polar surface area (TPSA) is 32.5 Å². The fourth-order valence-corrected chi connectivity index (χ4v) is 2.90. The molecule has 0 spiro atoms. The predicted octanol–water partition coefficient (Wildman–Crippen LogP) is 2.63. The Labute approximate surface area is 117 Å². The lowest BCUT2D eigenvalue weighted by Crippen LogP contribution is -2.39. The van der Waals surface area contributed by atoms with Crippen LogP contribution >= 0.6 is 0 Å². The van der Waals surface area contributed by atoms with Crippen LogP contribution in [0.3, 0.4) is 0 Å². The van der Waals surface area contributed by atoms with E-state index in [1.807, 2.05) is 6.92 Å². The van der Waals surface area contributed by atoms with Crippen LogP contribution in [-0.4, -0.2) is 37.6 Å². The van der Waals surface area contributed by atoms with Gasteiger partial charge in [0, 0.05) is 30.9 Å². The van der Waals surface area contributed by atoms with Gasteiger partial charge in [-0.15, -0.1) is 0 Å². The Morgan fingerprint density at radius 1 is 1.26 bits per heavy atom. The maximum atomic E-state index is 5.92. The summed E-state index contributed by atoms with van der Waals surface area (Å²) in [6.07, 6.45) is 2.43. The van der Waals surface area contributed by atoms with Crippen LogP contribution in [-0.2, 0) is 0 Å². The summed E-state index contributed by atoms with van der Waals surface area (Å²) in [6, 6.07) is 9.53. The zero-order valence-corrected chi connectivity index (χ0v) is 12.5. The van der Waals surface area contributed by atoms with Gasteiger partial charge in [-0.05, 0) is 51.1 Å². The monoisotopic (exact) mass is 261 g/mol. The molecule has 1 aliphatic heterocycles. The first-order valence-corrected chi connectivity index (χ1v) is 7.42. The smallest absolute Gasteiger partial charge is 0.0414 e. The van der Waals surface area contributed by atoms with E-state index in [1.165, 1.54) is 30.6 Å². The second-order valence-corrected chi connectivity index (χ2v) is 5.75. The van der Waals surface area contributed by atoms with Crippen LogP contribution in [0.2, 0.25) is 0 Å². The number of hydrogen-bond donors (Lipinski definition) is 1. The maximum Gasteiger partial charge on any atom is 0.0414 e. The van der Waals surface area contributed by atoms with Crippen molar-refractivity contribution in [3.8, 4) is 0 Å². The van der Waals surface area contributed by atoms with Crippen molar-refractivity contribution in [1.82, 2.24) is 4.90 Å². The van der Waals surface area contributed by atoms with Gasteiger partial charge < -0.3 is 15.5 Å². The van der Waals surface area contributed by atoms with Crippen LogP contribution < -0.4 is 10.6 Å². The van der Waals surface area contributed by atoms with E-state index in [1.54, 1.807) is 0 Å². The summed E-state index contributed by atoms with van der Waals surface area (Å²) < 4.78 is 0. The van der Waals surface area contributed by atoms with Crippen molar-refractivity contribution in [1.29, 1.82) is 0 Å². The van der Waals surface area contributed by atoms with Crippen LogP contribution in [0.5, 0.6) is 0 Å². The summed E-state index contributed by atoms with van der Waals surface area (Å²) in [5.74, 6) is 0. The Hall–Kier alpha value is -1.06. The van der Waals surface area contributed by atoms with Crippen molar-refractivity contribution in [2.24, 2.45) is 5.73 Å². The number of nitrogens with zero attached hydrogens (tertiary/aromatic N) is 2. The molecule has 106 valence electrons. The highest BCUT2D eigenvalue weighted by Gasteiger charge is 2.22. The molecule has 1 heterocycles. The molecule has 19 heavy (non-hydrogen) atoms. The molecule has 0 amide bonds. The largest absolute Gasteiger partial charge is 0.367 e. The van der Waals surface area contributed by atoms with Gasteiger partial charge >= 0.3 is 0 Å². The molecule has 1 saturated heterocycles. The van der Waals surface area contributed by atoms with Gasteiger partial charge in [-0.1, -0.05) is 19.1 Å². The molecule has 1 aromatic carbocycles. The molecule has 0 saturated carbocycles. The number of benzene rings is 1. The fraction of sp³-hybridized carbons (Fsp3) is 0.625. The van der Waals surface area contributed by atoms with Crippen molar-refractivity contribution in [3.05, 3.63) is 29.8 Å². The van der Waals surface area contributed by atoms with Crippen LogP contribution in [0.15, 0.2) is 24.3 Å². The van der Waals surface area contributed by atoms with Crippen molar-refractivity contribution in [2.75, 3.05) is 31.6 Å². The predicted molar refractivity (Wildman–Crippen MR) is 82.6 cm³/mol. The van der Waals surface area contributed by atoms with E-state index in [9.17, 15) is 0 Å². The summed E-state index contributed by atoms with van der Waals surface area (Å²) in [7, 11) is 2.23. The lowest BCUT2D eigenvalue weighted by Gasteiger charge is -2.32. The van der Waals surface area contributed by atoms with Crippen LogP contribution in [0.4, 0.5) is 5.69 Å². The Bertz CT molecular complexity index is 385. The normalized spacial score (nSPS) is 23.2. The highest BCUT2D eigenvalue weighted by molar-refractivity contribution is 5.49. The molecule has 1 aromatic rings. The average Bonchev–Trinajstić information content (AvgIpc) is 2.60. The van der Waals surface area contributed by atoms with E-state index < -0.39 is 0 Å². The molecular weight excluding hydrogens is 234 g/mol. The molecule has 1 fully saturated rings. The molecule has 2 rings (SSSR count). The van der Waals surface area contributed by atoms with Gasteiger partial charge in [-0.2, -0.15) is 0 Å². The van der Waals surface area contributed by atoms with E-state index in [4.69, 9.17) is 5.73 Å². The molecule has 0 aliphatic carbocycles. The minimum Gasteiger partial charge on any atom is -0.367 e. The highest BCUT2D eigenvalue weighted by atomic mass is 15.2. The molecule has 0 bridgehead atoms. The molecule has 3 nitrogen and oxygen atoms in total. The SMILES string of the molecule is CCC1CN(C)CCCN1c1ccc([C@@H](C)N)cc1. The van der Waals surface area contributed by atoms with E-state index >= 15 is 0 Å². The summed E-state index contributed by atoms with van der Waals surface area (Å²) in [6.45, 7) is 7.83. The highest BCUT2D eigenvalue weighted by Crippen LogP contribution is 2.23. The van der Waals surface area contributed by atoms with Crippen LogP contribution in [0.1, 0.15) is 38.3 Å². The average molecular weight is 261 g/mol. The van der Waals surface area contributed by atoms with E-state index in [0.29, 0.717) is 6.04 Å². The van der Waals surface area contributed by atoms with E-state index in [-0.39, 0.29) is 6.04 Å². The van der Waals surface area contributed by atoms with Crippen molar-refractivity contribution < 1.29 is 0 Å². The Morgan fingerprint density at radius 2 is 1.95 bits per heavy atom. The number of likely N-dealkylation sites (N-methyl/N-ethyl adjacent to an activating group) is 1. The van der Waals surface area contributed by atoms with Crippen LogP contribution in [0.25, 0.3) is 0 Å². The third kappa shape index (κ3) is 3.48. The van der Waals surface area contributed by atoms with E-state index in [0.717, 1.165) is 13.1 Å². The summed E-state index contributed by atoms with van der Waals surface area (Å²) >= 11 is 0. The second-order valence-electron chi connectivity index (χ2n) is 5.75. The zero-order chi connectivity index (χ0) is 13.8. The molecule has 3 heteroatoms. The standard InChI is InChI=1S/C16H27N3/c1-4-15-12-18(3)10-5-11-19(15)16-8-6-14(7-9-16)13(2)17/h6-9,13,15H,4-5,10-12,17H2,1-3H3/t13-,15?/m1/s1. The van der Waals surface area contributed by atoms with Gasteiger partial charge in [0.2, 0.25) is 0 Å². The van der Waals surface area contributed by atoms with Gasteiger partial charge in [0.05, 0.1) is 0 Å². The molecule has 2 N–H and O–H groups in total. The molecule has 0 aromatic heterocycles. The molecule has 1 unspecified atom stereocenters. The third-order valence-corrected chi connectivity index (χ3v) is 4.12. The maximum absolute atomic E-state index is 5.92. The number of anilines is 1. The minimum atomic E-state index is 0.117. The second kappa shape index (κ2) is 6.40. The van der Waals surface area contributed by atoms with Gasteiger partial charge in [0.25, 0.3) is 0 Å². The van der Waals surface area contributed by atoms with Gasteiger partial charge in [-0.25, -0.2) is 0 Å². The third-order valence-electron chi connectivity index (χ3n) is 4.12. The molecule has 1 aliphatic rings. The zero-order valence-electron chi connectivity index (χ0n) is 12.5. The number of hydrogen-bond acceptors (Lipinski definition) is 3. The van der Waals surface area contributed by atoms with Crippen molar-refractivity contribution in [2.45, 2.75) is 38.8 Å². The minimum absolute atomic E-state index is 0.117. The van der Waals surface area contributed by atoms with Gasteiger partial charge in [0.15, 0.2) is 0 Å².